The van der Waals surface area contributed by atoms with Gasteiger partial charge in [-0.25, -0.2) is 12.8 Å². The Morgan fingerprint density at radius 1 is 1.43 bits per heavy atom. The molecule has 0 unspecified atom stereocenters. The van der Waals surface area contributed by atoms with Gasteiger partial charge < -0.3 is 5.11 Å². The third kappa shape index (κ3) is 3.93. The van der Waals surface area contributed by atoms with E-state index in [0.717, 1.165) is 6.07 Å². The van der Waals surface area contributed by atoms with Gasteiger partial charge in [0.15, 0.2) is 0 Å². The molecule has 21 heavy (non-hydrogen) atoms. The van der Waals surface area contributed by atoms with Gasteiger partial charge in [-0.15, -0.1) is 0 Å². The van der Waals surface area contributed by atoms with Crippen LogP contribution in [0, 0.1) is 5.82 Å². The quantitative estimate of drug-likeness (QED) is 0.845. The van der Waals surface area contributed by atoms with Gasteiger partial charge in [0, 0.05) is 19.3 Å². The Hall–Kier alpha value is -1.64. The average Bonchev–Trinajstić information content (AvgIpc) is 2.90. The van der Waals surface area contributed by atoms with Crippen LogP contribution in [0.3, 0.4) is 0 Å². The maximum atomic E-state index is 13.3. The van der Waals surface area contributed by atoms with E-state index in [4.69, 9.17) is 16.7 Å². The number of anilines is 1. The standard InChI is InChI=1S/C12H13ClFN3O3S/c13-11-3-2-9(6-12(11)14)16-21(19,20)10-7-15-17(8-10)4-1-5-18/h2-3,6-8,16,18H,1,4-5H2. The first-order valence-electron chi connectivity index (χ1n) is 6.03. The van der Waals surface area contributed by atoms with Gasteiger partial charge in [0.1, 0.15) is 10.7 Å². The molecule has 1 heterocycles. The lowest BCUT2D eigenvalue weighted by atomic mass is 10.3. The van der Waals surface area contributed by atoms with Crippen molar-refractivity contribution in [2.45, 2.75) is 17.9 Å². The number of aromatic nitrogens is 2. The molecule has 0 radical (unpaired) electrons. The summed E-state index contributed by atoms with van der Waals surface area (Å²) in [7, 11) is -3.85. The number of aryl methyl sites for hydroxylation is 1. The predicted octanol–water partition coefficient (Wildman–Crippen LogP) is 1.86. The molecule has 0 spiro atoms. The molecule has 1 aromatic heterocycles. The highest BCUT2D eigenvalue weighted by atomic mass is 35.5. The van der Waals surface area contributed by atoms with E-state index < -0.39 is 15.8 Å². The first-order valence-corrected chi connectivity index (χ1v) is 7.89. The van der Waals surface area contributed by atoms with Gasteiger partial charge in [0.2, 0.25) is 0 Å². The number of hydrogen-bond donors (Lipinski definition) is 2. The number of hydrogen-bond acceptors (Lipinski definition) is 4. The van der Waals surface area contributed by atoms with Crippen LogP contribution in [0.4, 0.5) is 10.1 Å². The minimum Gasteiger partial charge on any atom is -0.396 e. The summed E-state index contributed by atoms with van der Waals surface area (Å²) in [6.45, 7) is 0.395. The minimum absolute atomic E-state index is 0.00968. The summed E-state index contributed by atoms with van der Waals surface area (Å²) >= 11 is 5.53. The maximum absolute atomic E-state index is 13.3. The van der Waals surface area contributed by atoms with Crippen LogP contribution in [-0.2, 0) is 16.6 Å². The second kappa shape index (κ2) is 6.42. The van der Waals surface area contributed by atoms with Crippen molar-refractivity contribution in [2.24, 2.45) is 0 Å². The Bertz CT molecular complexity index is 733. The lowest BCUT2D eigenvalue weighted by Gasteiger charge is -2.06. The van der Waals surface area contributed by atoms with Crippen molar-refractivity contribution in [2.75, 3.05) is 11.3 Å². The Balaban J connectivity index is 2.17. The number of aliphatic hydroxyl groups is 1. The molecule has 6 nitrogen and oxygen atoms in total. The van der Waals surface area contributed by atoms with Crippen molar-refractivity contribution >= 4 is 27.3 Å². The van der Waals surface area contributed by atoms with Crippen molar-refractivity contribution in [3.63, 3.8) is 0 Å². The van der Waals surface area contributed by atoms with Crippen molar-refractivity contribution < 1.29 is 17.9 Å². The number of halogens is 2. The second-order valence-corrected chi connectivity index (χ2v) is 6.34. The number of nitrogens with one attached hydrogen (secondary N) is 1. The zero-order chi connectivity index (χ0) is 15.5. The van der Waals surface area contributed by atoms with E-state index in [1.54, 1.807) is 0 Å². The Morgan fingerprint density at radius 2 is 2.19 bits per heavy atom. The van der Waals surface area contributed by atoms with E-state index in [0.29, 0.717) is 13.0 Å². The molecule has 0 aliphatic rings. The van der Waals surface area contributed by atoms with Crippen LogP contribution in [0.15, 0.2) is 35.5 Å². The van der Waals surface area contributed by atoms with Gasteiger partial charge in [-0.1, -0.05) is 11.6 Å². The molecule has 2 N–H and O–H groups in total. The third-order valence-electron chi connectivity index (χ3n) is 2.64. The third-order valence-corrected chi connectivity index (χ3v) is 4.28. The van der Waals surface area contributed by atoms with E-state index in [9.17, 15) is 12.8 Å². The highest BCUT2D eigenvalue weighted by Gasteiger charge is 2.17. The summed E-state index contributed by atoms with van der Waals surface area (Å²) in [5.74, 6) is -0.712. The highest BCUT2D eigenvalue weighted by molar-refractivity contribution is 7.92. The van der Waals surface area contributed by atoms with Gasteiger partial charge in [-0.3, -0.25) is 9.40 Å². The van der Waals surface area contributed by atoms with E-state index in [1.165, 1.54) is 29.2 Å². The van der Waals surface area contributed by atoms with Crippen molar-refractivity contribution in [3.05, 3.63) is 41.4 Å². The molecular formula is C12H13ClFN3O3S. The Labute approximate surface area is 126 Å². The van der Waals surface area contributed by atoms with Crippen LogP contribution in [0.2, 0.25) is 5.02 Å². The van der Waals surface area contributed by atoms with E-state index in [1.807, 2.05) is 0 Å². The Morgan fingerprint density at radius 3 is 2.86 bits per heavy atom. The maximum Gasteiger partial charge on any atom is 0.265 e. The van der Waals surface area contributed by atoms with Gasteiger partial charge in [0.05, 0.1) is 16.9 Å². The van der Waals surface area contributed by atoms with Gasteiger partial charge in [-0.05, 0) is 24.6 Å². The van der Waals surface area contributed by atoms with E-state index in [-0.39, 0.29) is 22.2 Å². The summed E-state index contributed by atoms with van der Waals surface area (Å²) in [6.07, 6.45) is 2.99. The van der Waals surface area contributed by atoms with Crippen LogP contribution >= 0.6 is 11.6 Å². The lowest BCUT2D eigenvalue weighted by molar-refractivity contribution is 0.277. The first-order chi connectivity index (χ1) is 9.92. The molecule has 0 fully saturated rings. The number of nitrogens with zero attached hydrogens (tertiary/aromatic N) is 2. The fourth-order valence-corrected chi connectivity index (χ4v) is 2.73. The molecule has 0 saturated heterocycles. The summed E-state index contributed by atoms with van der Waals surface area (Å²) in [6, 6.07) is 3.62. The fraction of sp³-hybridized carbons (Fsp3) is 0.250. The summed E-state index contributed by atoms with van der Waals surface area (Å²) < 4.78 is 41.2. The van der Waals surface area contributed by atoms with Gasteiger partial charge in [0.25, 0.3) is 10.0 Å². The summed E-state index contributed by atoms with van der Waals surface area (Å²) in [5, 5.41) is 12.5. The van der Waals surface area contributed by atoms with Crippen LogP contribution in [-0.4, -0.2) is 29.9 Å². The minimum atomic E-state index is -3.85. The zero-order valence-corrected chi connectivity index (χ0v) is 12.4. The molecule has 0 bridgehead atoms. The van der Waals surface area contributed by atoms with Gasteiger partial charge >= 0.3 is 0 Å². The van der Waals surface area contributed by atoms with Crippen molar-refractivity contribution in [3.8, 4) is 0 Å². The molecule has 0 atom stereocenters. The lowest BCUT2D eigenvalue weighted by Crippen LogP contribution is -2.12. The molecule has 0 aliphatic carbocycles. The normalized spacial score (nSPS) is 11.6. The molecule has 114 valence electrons. The van der Waals surface area contributed by atoms with Crippen LogP contribution in [0.5, 0.6) is 0 Å². The number of benzene rings is 1. The first kappa shape index (κ1) is 15.7. The molecule has 0 amide bonds. The SMILES string of the molecule is O=S(=O)(Nc1ccc(Cl)c(F)c1)c1cnn(CCCO)c1. The number of aliphatic hydroxyl groups excluding tert-OH is 1. The molecule has 9 heteroatoms. The number of sulfonamides is 1. The van der Waals surface area contributed by atoms with Crippen LogP contribution in [0.25, 0.3) is 0 Å². The summed E-state index contributed by atoms with van der Waals surface area (Å²) in [5.41, 5.74) is 0.0695. The second-order valence-electron chi connectivity index (χ2n) is 4.25. The molecule has 2 rings (SSSR count). The Kier molecular flexibility index (Phi) is 4.81. The smallest absolute Gasteiger partial charge is 0.265 e. The fourth-order valence-electron chi connectivity index (χ4n) is 1.61. The topological polar surface area (TPSA) is 84.2 Å². The zero-order valence-electron chi connectivity index (χ0n) is 10.8. The monoisotopic (exact) mass is 333 g/mol. The van der Waals surface area contributed by atoms with Crippen LogP contribution in [0.1, 0.15) is 6.42 Å². The summed E-state index contributed by atoms with van der Waals surface area (Å²) in [4.78, 5) is -0.0456. The molecule has 2 aromatic rings. The molecule has 0 saturated carbocycles. The van der Waals surface area contributed by atoms with E-state index in [2.05, 4.69) is 9.82 Å². The highest BCUT2D eigenvalue weighted by Crippen LogP contribution is 2.21. The largest absolute Gasteiger partial charge is 0.396 e. The van der Waals surface area contributed by atoms with Crippen molar-refractivity contribution in [1.82, 2.24) is 9.78 Å². The number of rotatable bonds is 6. The van der Waals surface area contributed by atoms with Crippen LogP contribution < -0.4 is 4.72 Å². The van der Waals surface area contributed by atoms with E-state index >= 15 is 0 Å². The van der Waals surface area contributed by atoms with Crippen molar-refractivity contribution in [1.29, 1.82) is 0 Å². The van der Waals surface area contributed by atoms with Gasteiger partial charge in [-0.2, -0.15) is 5.10 Å². The predicted molar refractivity (Wildman–Crippen MR) is 76.1 cm³/mol. The molecular weight excluding hydrogens is 321 g/mol. The average molecular weight is 334 g/mol. The molecule has 1 aromatic carbocycles. The molecule has 0 aliphatic heterocycles.